The Hall–Kier alpha value is -0.630. The zero-order valence-corrected chi connectivity index (χ0v) is 15.1. The molecule has 0 aromatic heterocycles. The first-order valence-electron chi connectivity index (χ1n) is 9.50. The lowest BCUT2D eigenvalue weighted by Gasteiger charge is -2.16. The molecule has 1 fully saturated rings. The minimum atomic E-state index is 0.306. The van der Waals surface area contributed by atoms with Gasteiger partial charge in [-0.1, -0.05) is 44.8 Å². The van der Waals surface area contributed by atoms with Crippen LogP contribution in [0.15, 0.2) is 12.2 Å². The number of allylic oxidation sites excluding steroid dienone is 2. The van der Waals surface area contributed by atoms with Gasteiger partial charge in [0, 0.05) is 18.4 Å². The minimum Gasteiger partial charge on any atom is -0.314 e. The van der Waals surface area contributed by atoms with Gasteiger partial charge in [0.15, 0.2) is 0 Å². The summed E-state index contributed by atoms with van der Waals surface area (Å²) in [6, 6.07) is 0.496. The number of carbonyl (C=O) groups excluding carboxylic acids is 1. The first kappa shape index (κ1) is 19.4. The van der Waals surface area contributed by atoms with Crippen molar-refractivity contribution in [1.82, 2.24) is 5.32 Å². The number of hydrogen-bond acceptors (Lipinski definition) is 2. The van der Waals surface area contributed by atoms with Crippen molar-refractivity contribution >= 4 is 5.78 Å². The van der Waals surface area contributed by atoms with Crippen LogP contribution < -0.4 is 5.32 Å². The zero-order chi connectivity index (χ0) is 16.2. The third-order valence-electron chi connectivity index (χ3n) is 4.87. The Kier molecular flexibility index (Phi) is 10.5. The Morgan fingerprint density at radius 1 is 1.05 bits per heavy atom. The molecule has 0 amide bonds. The van der Waals surface area contributed by atoms with Crippen molar-refractivity contribution < 1.29 is 4.79 Å². The van der Waals surface area contributed by atoms with Crippen LogP contribution in [0.2, 0.25) is 0 Å². The quantitative estimate of drug-likeness (QED) is 0.439. The molecule has 0 aliphatic carbocycles. The van der Waals surface area contributed by atoms with Crippen LogP contribution in [0.25, 0.3) is 0 Å². The molecule has 1 rings (SSSR count). The number of ketones is 1. The molecular weight excluding hydrogens is 270 g/mol. The van der Waals surface area contributed by atoms with Gasteiger partial charge in [0.25, 0.3) is 0 Å². The van der Waals surface area contributed by atoms with Crippen molar-refractivity contribution in [3.63, 3.8) is 0 Å². The summed E-state index contributed by atoms with van der Waals surface area (Å²) in [5.41, 5.74) is 0. The Morgan fingerprint density at radius 2 is 1.73 bits per heavy atom. The maximum absolute atomic E-state index is 12.4. The van der Waals surface area contributed by atoms with E-state index in [-0.39, 0.29) is 0 Å². The van der Waals surface area contributed by atoms with E-state index in [0.29, 0.717) is 23.7 Å². The van der Waals surface area contributed by atoms with E-state index in [0.717, 1.165) is 32.2 Å². The number of hydrogen-bond donors (Lipinski definition) is 1. The van der Waals surface area contributed by atoms with Gasteiger partial charge in [-0.25, -0.2) is 0 Å². The minimum absolute atomic E-state index is 0.306. The average Bonchev–Trinajstić information content (AvgIpc) is 2.67. The summed E-state index contributed by atoms with van der Waals surface area (Å²) in [5, 5.41) is 3.53. The molecule has 2 nitrogen and oxygen atoms in total. The smallest absolute Gasteiger partial charge is 0.136 e. The van der Waals surface area contributed by atoms with Crippen LogP contribution in [-0.4, -0.2) is 18.4 Å². The van der Waals surface area contributed by atoms with E-state index >= 15 is 0 Å². The van der Waals surface area contributed by atoms with Crippen molar-refractivity contribution in [3.05, 3.63) is 12.2 Å². The molecule has 22 heavy (non-hydrogen) atoms. The molecule has 0 saturated carbocycles. The lowest BCUT2D eigenvalue weighted by Crippen LogP contribution is -2.28. The summed E-state index contributed by atoms with van der Waals surface area (Å²) in [7, 11) is 0. The summed E-state index contributed by atoms with van der Waals surface area (Å²) < 4.78 is 0. The summed E-state index contributed by atoms with van der Waals surface area (Å²) in [5.74, 6) is 1.47. The SMILES string of the molecule is C/C=C/CCCCCCCCC(=O)C1CC(C)CNC(C)C1. The molecule has 3 unspecified atom stereocenters. The highest BCUT2D eigenvalue weighted by atomic mass is 16.1. The van der Waals surface area contributed by atoms with Crippen LogP contribution in [0.3, 0.4) is 0 Å². The van der Waals surface area contributed by atoms with Gasteiger partial charge < -0.3 is 5.32 Å². The second-order valence-corrected chi connectivity index (χ2v) is 7.28. The van der Waals surface area contributed by atoms with Crippen LogP contribution in [0.4, 0.5) is 0 Å². The molecule has 1 saturated heterocycles. The summed E-state index contributed by atoms with van der Waals surface area (Å²) in [6.45, 7) is 7.63. The van der Waals surface area contributed by atoms with Crippen molar-refractivity contribution in [3.8, 4) is 0 Å². The summed E-state index contributed by atoms with van der Waals surface area (Å²) >= 11 is 0. The van der Waals surface area contributed by atoms with Crippen LogP contribution in [0, 0.1) is 11.8 Å². The highest BCUT2D eigenvalue weighted by Gasteiger charge is 2.25. The predicted octanol–water partition coefficient (Wildman–Crippen LogP) is 5.28. The molecule has 1 aliphatic heterocycles. The molecule has 0 aromatic rings. The van der Waals surface area contributed by atoms with E-state index in [9.17, 15) is 4.79 Å². The lowest BCUT2D eigenvalue weighted by atomic mass is 9.87. The third kappa shape index (κ3) is 8.73. The van der Waals surface area contributed by atoms with Crippen LogP contribution >= 0.6 is 0 Å². The molecule has 1 aliphatic rings. The van der Waals surface area contributed by atoms with E-state index in [1.165, 1.54) is 38.5 Å². The van der Waals surface area contributed by atoms with Crippen LogP contribution in [0.5, 0.6) is 0 Å². The Morgan fingerprint density at radius 3 is 2.45 bits per heavy atom. The second kappa shape index (κ2) is 11.9. The van der Waals surface area contributed by atoms with Gasteiger partial charge in [-0.2, -0.15) is 0 Å². The molecular formula is C20H37NO. The fraction of sp³-hybridized carbons (Fsp3) is 0.850. The number of Topliss-reactive ketones (excluding diaryl/α,β-unsaturated/α-hetero) is 1. The third-order valence-corrected chi connectivity index (χ3v) is 4.87. The van der Waals surface area contributed by atoms with E-state index in [4.69, 9.17) is 0 Å². The normalized spacial score (nSPS) is 26.2. The van der Waals surface area contributed by atoms with Gasteiger partial charge in [0.05, 0.1) is 0 Å². The molecule has 0 spiro atoms. The predicted molar refractivity (Wildman–Crippen MR) is 96.1 cm³/mol. The standard InChI is InChI=1S/C20H37NO/c1-4-5-6-7-8-9-10-11-12-13-20(22)19-14-17(2)16-21-18(3)15-19/h4-5,17-19,21H,6-16H2,1-3H3/b5-4+. The van der Waals surface area contributed by atoms with Gasteiger partial charge >= 0.3 is 0 Å². The first-order chi connectivity index (χ1) is 10.6. The Balaban J connectivity index is 2.07. The maximum atomic E-state index is 12.4. The van der Waals surface area contributed by atoms with Gasteiger partial charge in [0.1, 0.15) is 5.78 Å². The highest BCUT2D eigenvalue weighted by Crippen LogP contribution is 2.24. The van der Waals surface area contributed by atoms with Gasteiger partial charge in [0.2, 0.25) is 0 Å². The monoisotopic (exact) mass is 307 g/mol. The fourth-order valence-corrected chi connectivity index (χ4v) is 3.48. The van der Waals surface area contributed by atoms with E-state index < -0.39 is 0 Å². The van der Waals surface area contributed by atoms with Gasteiger partial charge in [-0.3, -0.25) is 4.79 Å². The number of rotatable bonds is 10. The van der Waals surface area contributed by atoms with Crippen molar-refractivity contribution in [1.29, 1.82) is 0 Å². The molecule has 0 aromatic carbocycles. The molecule has 0 bridgehead atoms. The molecule has 3 atom stereocenters. The first-order valence-corrected chi connectivity index (χ1v) is 9.50. The molecule has 1 N–H and O–H groups in total. The second-order valence-electron chi connectivity index (χ2n) is 7.28. The van der Waals surface area contributed by atoms with Gasteiger partial charge in [-0.05, 0) is 58.4 Å². The topological polar surface area (TPSA) is 29.1 Å². The lowest BCUT2D eigenvalue weighted by molar-refractivity contribution is -0.123. The Labute approximate surface area is 138 Å². The van der Waals surface area contributed by atoms with Crippen molar-refractivity contribution in [2.45, 2.75) is 91.0 Å². The molecule has 2 heteroatoms. The maximum Gasteiger partial charge on any atom is 0.136 e. The van der Waals surface area contributed by atoms with E-state index in [2.05, 4.69) is 38.2 Å². The summed E-state index contributed by atoms with van der Waals surface area (Å²) in [6.07, 6.45) is 16.1. The van der Waals surface area contributed by atoms with Crippen LogP contribution in [-0.2, 0) is 4.79 Å². The number of nitrogens with one attached hydrogen (secondary N) is 1. The number of unbranched alkanes of at least 4 members (excludes halogenated alkanes) is 6. The van der Waals surface area contributed by atoms with Crippen LogP contribution in [0.1, 0.15) is 85.0 Å². The molecule has 0 radical (unpaired) electrons. The van der Waals surface area contributed by atoms with Crippen molar-refractivity contribution in [2.24, 2.45) is 11.8 Å². The average molecular weight is 308 g/mol. The zero-order valence-electron chi connectivity index (χ0n) is 15.1. The van der Waals surface area contributed by atoms with E-state index in [1.54, 1.807) is 0 Å². The highest BCUT2D eigenvalue weighted by molar-refractivity contribution is 5.81. The molecule has 1 heterocycles. The molecule has 128 valence electrons. The number of carbonyl (C=O) groups is 1. The van der Waals surface area contributed by atoms with E-state index in [1.807, 2.05) is 0 Å². The van der Waals surface area contributed by atoms with Crippen molar-refractivity contribution in [2.75, 3.05) is 6.54 Å². The largest absolute Gasteiger partial charge is 0.314 e. The Bertz CT molecular complexity index is 312. The fourth-order valence-electron chi connectivity index (χ4n) is 3.48. The van der Waals surface area contributed by atoms with Gasteiger partial charge in [-0.15, -0.1) is 0 Å². The summed E-state index contributed by atoms with van der Waals surface area (Å²) in [4.78, 5) is 12.4.